The predicted octanol–water partition coefficient (Wildman–Crippen LogP) is 11.1. The van der Waals surface area contributed by atoms with Crippen molar-refractivity contribution in [2.24, 2.45) is 0 Å². The van der Waals surface area contributed by atoms with Crippen LogP contribution in [0.15, 0.2) is 133 Å². The Kier molecular flexibility index (Phi) is 6.70. The summed E-state index contributed by atoms with van der Waals surface area (Å²) in [4.78, 5) is 17.1. The summed E-state index contributed by atoms with van der Waals surface area (Å²) in [6, 6.07) is 42.3. The first kappa shape index (κ1) is 28.7. The minimum atomic E-state index is -0.913. The van der Waals surface area contributed by atoms with E-state index in [1.807, 2.05) is 78.9 Å². The topological polar surface area (TPSA) is 30.7 Å². The normalized spacial score (nSPS) is 16.9. The lowest BCUT2D eigenvalue weighted by Gasteiger charge is -2.39. The van der Waals surface area contributed by atoms with Gasteiger partial charge in [-0.05, 0) is 46.6 Å². The van der Waals surface area contributed by atoms with E-state index in [2.05, 4.69) is 79.4 Å². The van der Waals surface area contributed by atoms with Crippen LogP contribution in [-0.2, 0) is 11.0 Å². The summed E-state index contributed by atoms with van der Waals surface area (Å²) in [5.74, 6) is 0.856. The number of carbonyl (C=O) groups excluding carboxylic acids is 1. The van der Waals surface area contributed by atoms with Gasteiger partial charge in [-0.3, -0.25) is 4.79 Å². The van der Waals surface area contributed by atoms with E-state index in [-0.39, 0.29) is 11.2 Å². The minimum Gasteiger partial charge on any atom is -0.472 e. The van der Waals surface area contributed by atoms with Gasteiger partial charge in [0.1, 0.15) is 5.75 Å². The average molecular weight is 608 g/mol. The highest BCUT2D eigenvalue weighted by atomic mass is 16.5. The van der Waals surface area contributed by atoms with Crippen LogP contribution >= 0.6 is 0 Å². The zero-order valence-electron chi connectivity index (χ0n) is 26.5. The summed E-state index contributed by atoms with van der Waals surface area (Å²) in [5, 5.41) is 2.22. The van der Waals surface area contributed by atoms with Crippen LogP contribution in [0.25, 0.3) is 32.8 Å². The maximum absolute atomic E-state index is 13.3. The van der Waals surface area contributed by atoms with Gasteiger partial charge < -0.3 is 4.74 Å². The highest BCUT2D eigenvalue weighted by Gasteiger charge is 2.46. The van der Waals surface area contributed by atoms with Gasteiger partial charge in [-0.15, -0.1) is 0 Å². The van der Waals surface area contributed by atoms with E-state index in [0.29, 0.717) is 16.8 Å². The Hall–Kier alpha value is -5.72. The third-order valence-corrected chi connectivity index (χ3v) is 10.4. The maximum Gasteiger partial charge on any atom is 0.193 e. The van der Waals surface area contributed by atoms with Gasteiger partial charge >= 0.3 is 0 Å². The molecular formula is C44H33NO2. The van der Waals surface area contributed by atoms with Crippen LogP contribution in [0.5, 0.6) is 5.75 Å². The summed E-state index contributed by atoms with van der Waals surface area (Å²) >= 11 is 0. The fraction of sp³-hybridized carbons (Fsp3) is 0.136. The van der Waals surface area contributed by atoms with E-state index in [1.165, 1.54) is 22.3 Å². The van der Waals surface area contributed by atoms with Crippen molar-refractivity contribution in [2.45, 2.75) is 37.7 Å². The average Bonchev–Trinajstić information content (AvgIpc) is 3.45. The number of nitrogens with zero attached hydrogens (tertiary/aromatic N) is 1. The predicted molar refractivity (Wildman–Crippen MR) is 190 cm³/mol. The van der Waals surface area contributed by atoms with E-state index >= 15 is 0 Å². The van der Waals surface area contributed by atoms with Crippen LogP contribution in [0, 0.1) is 6.57 Å². The summed E-state index contributed by atoms with van der Waals surface area (Å²) < 4.78 is 7.42. The Balaban J connectivity index is 1.36. The van der Waals surface area contributed by atoms with Crippen molar-refractivity contribution in [2.75, 3.05) is 0 Å². The van der Waals surface area contributed by atoms with Crippen LogP contribution in [0.2, 0.25) is 0 Å². The molecule has 0 saturated heterocycles. The number of ketones is 1. The molecule has 3 nitrogen and oxygen atoms in total. The lowest BCUT2D eigenvalue weighted by atomic mass is 9.71. The zero-order chi connectivity index (χ0) is 32.2. The van der Waals surface area contributed by atoms with Crippen LogP contribution in [0.1, 0.15) is 70.4 Å². The number of hydrogen-bond donors (Lipinski definition) is 0. The van der Waals surface area contributed by atoms with E-state index in [9.17, 15) is 4.79 Å². The molecule has 0 radical (unpaired) electrons. The van der Waals surface area contributed by atoms with Crippen molar-refractivity contribution in [3.8, 4) is 16.9 Å². The molecule has 1 unspecified atom stereocenters. The van der Waals surface area contributed by atoms with Crippen molar-refractivity contribution < 1.29 is 9.53 Å². The second-order valence-corrected chi connectivity index (χ2v) is 12.5. The molecule has 0 aromatic heterocycles. The molecule has 3 heteroatoms. The third-order valence-electron chi connectivity index (χ3n) is 10.4. The first-order valence-electron chi connectivity index (χ1n) is 16.3. The quantitative estimate of drug-likeness (QED) is 0.139. The Morgan fingerprint density at radius 1 is 0.723 bits per heavy atom. The number of benzene rings is 6. The molecule has 47 heavy (non-hydrogen) atoms. The molecule has 6 aromatic rings. The number of fused-ring (bicyclic) bond motifs is 8. The molecule has 1 aliphatic carbocycles. The van der Waals surface area contributed by atoms with Crippen molar-refractivity contribution in [3.63, 3.8) is 0 Å². The monoisotopic (exact) mass is 607 g/mol. The van der Waals surface area contributed by atoms with E-state index < -0.39 is 5.60 Å². The number of rotatable bonds is 6. The van der Waals surface area contributed by atoms with Crippen LogP contribution in [-0.4, -0.2) is 5.78 Å². The molecule has 0 amide bonds. The highest BCUT2D eigenvalue weighted by Crippen LogP contribution is 2.60. The van der Waals surface area contributed by atoms with Gasteiger partial charge in [0.15, 0.2) is 17.1 Å². The highest BCUT2D eigenvalue weighted by molar-refractivity contribution is 6.10. The van der Waals surface area contributed by atoms with Gasteiger partial charge in [-0.2, -0.15) is 0 Å². The molecule has 1 aliphatic heterocycles. The molecule has 226 valence electrons. The van der Waals surface area contributed by atoms with Crippen LogP contribution in [0.3, 0.4) is 0 Å². The van der Waals surface area contributed by atoms with Crippen molar-refractivity contribution in [3.05, 3.63) is 184 Å². The maximum atomic E-state index is 13.3. The first-order chi connectivity index (χ1) is 23.0. The van der Waals surface area contributed by atoms with Crippen molar-refractivity contribution in [1.29, 1.82) is 0 Å². The van der Waals surface area contributed by atoms with E-state index in [1.54, 1.807) is 0 Å². The number of ether oxygens (including phenoxy) is 1. The largest absolute Gasteiger partial charge is 0.472 e. The Labute approximate surface area is 275 Å². The molecule has 2 aliphatic rings. The molecule has 6 aromatic carbocycles. The van der Waals surface area contributed by atoms with E-state index in [0.717, 1.165) is 46.1 Å². The van der Waals surface area contributed by atoms with Crippen LogP contribution < -0.4 is 4.74 Å². The first-order valence-corrected chi connectivity index (χ1v) is 16.3. The summed E-state index contributed by atoms with van der Waals surface area (Å²) in [6.07, 6.45) is 6.27. The van der Waals surface area contributed by atoms with Gasteiger partial charge in [0, 0.05) is 38.6 Å². The van der Waals surface area contributed by atoms with E-state index in [4.69, 9.17) is 11.3 Å². The Bertz CT molecular complexity index is 2260. The fourth-order valence-corrected chi connectivity index (χ4v) is 7.99. The molecule has 0 saturated carbocycles. The standard InChI is InChI=1S/C44H33NO2/c1-4-43(5-2)38-28-33(45-3)24-25-36(38)39-34-18-12-13-19-35(34)42-37(40(39)43)26-27-44(47-42,31-16-10-7-11-17-31)32-22-20-30(21-23-32)41(46)29-14-8-6-9-15-29/h6-28H,4-5H2,1-2H3. The van der Waals surface area contributed by atoms with Crippen molar-refractivity contribution in [1.82, 2.24) is 0 Å². The van der Waals surface area contributed by atoms with Gasteiger partial charge in [-0.1, -0.05) is 147 Å². The van der Waals surface area contributed by atoms with Crippen molar-refractivity contribution >= 4 is 28.3 Å². The third kappa shape index (κ3) is 4.15. The van der Waals surface area contributed by atoms with Crippen LogP contribution in [0.4, 0.5) is 5.69 Å². The summed E-state index contributed by atoms with van der Waals surface area (Å²) in [7, 11) is 0. The number of hydrogen-bond acceptors (Lipinski definition) is 2. The lowest BCUT2D eigenvalue weighted by Crippen LogP contribution is -2.35. The second kappa shape index (κ2) is 11.0. The summed E-state index contributed by atoms with van der Waals surface area (Å²) in [6.45, 7) is 12.3. The minimum absolute atomic E-state index is 0.00525. The zero-order valence-corrected chi connectivity index (χ0v) is 26.5. The molecule has 0 N–H and O–H groups in total. The summed E-state index contributed by atoms with van der Waals surface area (Å²) in [5.41, 5.74) is 8.85. The molecule has 0 spiro atoms. The lowest BCUT2D eigenvalue weighted by molar-refractivity contribution is 0.103. The van der Waals surface area contributed by atoms with Gasteiger partial charge in [0.25, 0.3) is 0 Å². The number of carbonyl (C=O) groups is 1. The molecule has 0 bridgehead atoms. The van der Waals surface area contributed by atoms with Gasteiger partial charge in [-0.25, -0.2) is 4.85 Å². The Morgan fingerprint density at radius 3 is 2.02 bits per heavy atom. The smallest absolute Gasteiger partial charge is 0.193 e. The van der Waals surface area contributed by atoms with Gasteiger partial charge in [0.2, 0.25) is 0 Å². The SMILES string of the molecule is [C-]#[N+]c1ccc2c(c1)C(CC)(CC)c1c3c(c4ccccc4c1-2)OC(c1ccccc1)(c1ccc(C(=O)c2ccccc2)cc1)C=C3. The fourth-order valence-electron chi connectivity index (χ4n) is 7.99. The molecule has 0 fully saturated rings. The Morgan fingerprint density at radius 2 is 1.34 bits per heavy atom. The van der Waals surface area contributed by atoms with Gasteiger partial charge in [0.05, 0.1) is 6.57 Å². The molecule has 8 rings (SSSR count). The second-order valence-electron chi connectivity index (χ2n) is 12.5. The molecular weight excluding hydrogens is 574 g/mol. The molecule has 1 atom stereocenters. The molecule has 1 heterocycles.